The van der Waals surface area contributed by atoms with E-state index in [1.165, 1.54) is 16.8 Å². The topological polar surface area (TPSA) is 53.4 Å². The fourth-order valence-electron chi connectivity index (χ4n) is 2.66. The van der Waals surface area contributed by atoms with Crippen LogP contribution in [0.5, 0.6) is 5.75 Å². The maximum atomic E-state index is 12.7. The number of alkyl halides is 3. The molecule has 8 heteroatoms. The second-order valence-corrected chi connectivity index (χ2v) is 5.84. The van der Waals surface area contributed by atoms with Crippen LogP contribution in [0.3, 0.4) is 0 Å². The summed E-state index contributed by atoms with van der Waals surface area (Å²) in [5.74, 6) is -0.590. The average molecular weight is 354 g/mol. The molecule has 1 aromatic carbocycles. The van der Waals surface area contributed by atoms with Crippen molar-refractivity contribution in [1.29, 1.82) is 0 Å². The van der Waals surface area contributed by atoms with Crippen molar-refractivity contribution in [2.75, 3.05) is 6.61 Å². The molecule has 134 valence electrons. The molecule has 1 heterocycles. The van der Waals surface area contributed by atoms with Crippen molar-refractivity contribution in [3.05, 3.63) is 35.5 Å². The van der Waals surface area contributed by atoms with Gasteiger partial charge in [-0.15, -0.1) is 13.2 Å². The van der Waals surface area contributed by atoms with Crippen LogP contribution in [0.1, 0.15) is 41.7 Å². The van der Waals surface area contributed by atoms with Crippen molar-refractivity contribution in [3.8, 4) is 17.0 Å². The second kappa shape index (κ2) is 6.42. The molecule has 0 aliphatic heterocycles. The first-order valence-corrected chi connectivity index (χ1v) is 7.89. The summed E-state index contributed by atoms with van der Waals surface area (Å²) in [4.78, 5) is 11.8. The van der Waals surface area contributed by atoms with Gasteiger partial charge in [0.05, 0.1) is 12.3 Å². The third kappa shape index (κ3) is 3.94. The molecule has 0 bridgehead atoms. The summed E-state index contributed by atoms with van der Waals surface area (Å²) in [6.07, 6.45) is -2.78. The lowest BCUT2D eigenvalue weighted by molar-refractivity contribution is -0.274. The third-order valence-corrected chi connectivity index (χ3v) is 3.92. The number of carbonyl (C=O) groups excluding carboxylic acids is 1. The van der Waals surface area contributed by atoms with Gasteiger partial charge in [0.15, 0.2) is 5.69 Å². The van der Waals surface area contributed by atoms with Gasteiger partial charge in [0.25, 0.3) is 0 Å². The Balaban J connectivity index is 2.04. The van der Waals surface area contributed by atoms with Crippen molar-refractivity contribution in [2.45, 2.75) is 32.0 Å². The highest BCUT2D eigenvalue weighted by atomic mass is 19.4. The SMILES string of the molecule is CCOC(=O)c1cc(-c2cc(C3CC3)ccc2OC(F)(F)F)n(C)n1. The molecule has 1 fully saturated rings. The zero-order valence-electron chi connectivity index (χ0n) is 13.8. The normalized spacial score (nSPS) is 14.4. The van der Waals surface area contributed by atoms with Crippen LogP contribution in [0.25, 0.3) is 11.3 Å². The fraction of sp³-hybridized carbons (Fsp3) is 0.412. The summed E-state index contributed by atoms with van der Waals surface area (Å²) >= 11 is 0. The van der Waals surface area contributed by atoms with Gasteiger partial charge in [-0.05, 0) is 49.4 Å². The van der Waals surface area contributed by atoms with Crippen LogP contribution in [0.15, 0.2) is 24.3 Å². The first kappa shape index (κ1) is 17.3. The van der Waals surface area contributed by atoms with Crippen molar-refractivity contribution in [1.82, 2.24) is 9.78 Å². The Labute approximate surface area is 142 Å². The molecule has 5 nitrogen and oxygen atoms in total. The van der Waals surface area contributed by atoms with Crippen LogP contribution in [-0.4, -0.2) is 28.7 Å². The zero-order chi connectivity index (χ0) is 18.2. The lowest BCUT2D eigenvalue weighted by Crippen LogP contribution is -2.18. The van der Waals surface area contributed by atoms with Gasteiger partial charge >= 0.3 is 12.3 Å². The largest absolute Gasteiger partial charge is 0.573 e. The number of nitrogens with zero attached hydrogens (tertiary/aromatic N) is 2. The molecule has 0 saturated heterocycles. The monoisotopic (exact) mass is 354 g/mol. The first-order valence-electron chi connectivity index (χ1n) is 7.89. The third-order valence-electron chi connectivity index (χ3n) is 3.92. The standard InChI is InChI=1S/C17H17F3N2O3/c1-3-24-16(23)13-9-14(22(2)21-13)12-8-11(10-4-5-10)6-7-15(12)25-17(18,19)20/h6-10H,3-5H2,1-2H3. The number of halogens is 3. The molecule has 0 N–H and O–H groups in total. The predicted molar refractivity (Wildman–Crippen MR) is 83.3 cm³/mol. The minimum Gasteiger partial charge on any atom is -0.461 e. The molecule has 1 aliphatic carbocycles. The van der Waals surface area contributed by atoms with Gasteiger partial charge in [-0.2, -0.15) is 5.10 Å². The number of hydrogen-bond acceptors (Lipinski definition) is 4. The van der Waals surface area contributed by atoms with E-state index in [1.807, 2.05) is 0 Å². The average Bonchev–Trinajstić information content (AvgIpc) is 3.29. The summed E-state index contributed by atoms with van der Waals surface area (Å²) in [6.45, 7) is 1.85. The van der Waals surface area contributed by atoms with Crippen LogP contribution in [0.4, 0.5) is 13.2 Å². The van der Waals surface area contributed by atoms with Gasteiger partial charge in [-0.3, -0.25) is 4.68 Å². The highest BCUT2D eigenvalue weighted by Crippen LogP contribution is 2.44. The van der Waals surface area contributed by atoms with E-state index in [4.69, 9.17) is 4.74 Å². The number of carbonyl (C=O) groups is 1. The van der Waals surface area contributed by atoms with Crippen molar-refractivity contribution >= 4 is 5.97 Å². The lowest BCUT2D eigenvalue weighted by Gasteiger charge is -2.14. The van der Waals surface area contributed by atoms with Gasteiger partial charge < -0.3 is 9.47 Å². The quantitative estimate of drug-likeness (QED) is 0.761. The molecule has 0 atom stereocenters. The number of aromatic nitrogens is 2. The van der Waals surface area contributed by atoms with Gasteiger partial charge in [-0.1, -0.05) is 6.07 Å². The summed E-state index contributed by atoms with van der Waals surface area (Å²) < 4.78 is 48.6. The maximum absolute atomic E-state index is 12.7. The van der Waals surface area contributed by atoms with E-state index in [-0.39, 0.29) is 23.6 Å². The predicted octanol–water partition coefficient (Wildman–Crippen LogP) is 4.04. The van der Waals surface area contributed by atoms with Crippen LogP contribution >= 0.6 is 0 Å². The molecular weight excluding hydrogens is 337 g/mol. The Hall–Kier alpha value is -2.51. The molecule has 1 aliphatic rings. The Morgan fingerprint density at radius 3 is 2.64 bits per heavy atom. The molecule has 25 heavy (non-hydrogen) atoms. The Morgan fingerprint density at radius 1 is 1.32 bits per heavy atom. The lowest BCUT2D eigenvalue weighted by atomic mass is 10.0. The molecule has 0 unspecified atom stereocenters. The van der Waals surface area contributed by atoms with E-state index in [9.17, 15) is 18.0 Å². The maximum Gasteiger partial charge on any atom is 0.573 e. The summed E-state index contributed by atoms with van der Waals surface area (Å²) in [5, 5.41) is 4.04. The Kier molecular flexibility index (Phi) is 4.45. The van der Waals surface area contributed by atoms with Crippen LogP contribution in [-0.2, 0) is 11.8 Å². The Bertz CT molecular complexity index is 795. The minimum absolute atomic E-state index is 0.0362. The fourth-order valence-corrected chi connectivity index (χ4v) is 2.66. The summed E-state index contributed by atoms with van der Waals surface area (Å²) in [6, 6.07) is 6.04. The van der Waals surface area contributed by atoms with Gasteiger partial charge in [0.1, 0.15) is 5.75 Å². The Morgan fingerprint density at radius 2 is 2.04 bits per heavy atom. The summed E-state index contributed by atoms with van der Waals surface area (Å²) in [5.41, 5.74) is 1.58. The van der Waals surface area contributed by atoms with E-state index in [0.29, 0.717) is 11.6 Å². The minimum atomic E-state index is -4.81. The molecule has 1 saturated carbocycles. The van der Waals surface area contributed by atoms with Gasteiger partial charge in [-0.25, -0.2) is 4.79 Å². The second-order valence-electron chi connectivity index (χ2n) is 5.84. The number of esters is 1. The molecule has 0 radical (unpaired) electrons. The number of aryl methyl sites for hydroxylation is 1. The van der Waals surface area contributed by atoms with E-state index in [2.05, 4.69) is 9.84 Å². The molecule has 1 aromatic heterocycles. The molecule has 0 amide bonds. The molecular formula is C17H17F3N2O3. The van der Waals surface area contributed by atoms with Crippen molar-refractivity contribution in [3.63, 3.8) is 0 Å². The highest BCUT2D eigenvalue weighted by Gasteiger charge is 2.33. The zero-order valence-corrected chi connectivity index (χ0v) is 13.8. The van der Waals surface area contributed by atoms with Gasteiger partial charge in [0.2, 0.25) is 0 Å². The number of ether oxygens (including phenoxy) is 2. The van der Waals surface area contributed by atoms with E-state index in [0.717, 1.165) is 18.4 Å². The molecule has 2 aromatic rings. The number of rotatable bonds is 5. The molecule has 3 rings (SSSR count). The van der Waals surface area contributed by atoms with Crippen molar-refractivity contribution in [2.24, 2.45) is 7.05 Å². The highest BCUT2D eigenvalue weighted by molar-refractivity contribution is 5.89. The van der Waals surface area contributed by atoms with Crippen LogP contribution in [0.2, 0.25) is 0 Å². The number of hydrogen-bond donors (Lipinski definition) is 0. The smallest absolute Gasteiger partial charge is 0.461 e. The summed E-state index contributed by atoms with van der Waals surface area (Å²) in [7, 11) is 1.55. The van der Waals surface area contributed by atoms with Crippen LogP contribution in [0, 0.1) is 0 Å². The first-order chi connectivity index (χ1) is 11.8. The molecule has 0 spiro atoms. The van der Waals surface area contributed by atoms with E-state index >= 15 is 0 Å². The van der Waals surface area contributed by atoms with Gasteiger partial charge in [0, 0.05) is 12.6 Å². The van der Waals surface area contributed by atoms with Crippen molar-refractivity contribution < 1.29 is 27.4 Å². The van der Waals surface area contributed by atoms with E-state index in [1.54, 1.807) is 26.1 Å². The number of benzene rings is 1. The van der Waals surface area contributed by atoms with E-state index < -0.39 is 12.3 Å². The van der Waals surface area contributed by atoms with Crippen LogP contribution < -0.4 is 4.74 Å².